The first-order chi connectivity index (χ1) is 6.27. The molecule has 13 heavy (non-hydrogen) atoms. The summed E-state index contributed by atoms with van der Waals surface area (Å²) in [5, 5.41) is 11.4. The van der Waals surface area contributed by atoms with Gasteiger partial charge in [0.15, 0.2) is 0 Å². The van der Waals surface area contributed by atoms with E-state index < -0.39 is 0 Å². The van der Waals surface area contributed by atoms with Crippen molar-refractivity contribution < 1.29 is 4.74 Å². The molecule has 0 bridgehead atoms. The monoisotopic (exact) mass is 182 g/mol. The lowest BCUT2D eigenvalue weighted by atomic mass is 10.3. The predicted molar refractivity (Wildman–Crippen MR) is 53.3 cm³/mol. The minimum atomic E-state index is 0.625. The van der Waals surface area contributed by atoms with Crippen LogP contribution in [-0.2, 0) is 4.74 Å². The van der Waals surface area contributed by atoms with Crippen LogP contribution in [0.4, 0.5) is 0 Å². The Bertz CT molecular complexity index is 172. The highest BCUT2D eigenvalue weighted by molar-refractivity contribution is 4.87. The molecule has 0 aliphatic rings. The minimum absolute atomic E-state index is 0.625. The SMILES string of the molecule is C=C(C)COCCNCCCC#N. The zero-order chi connectivity index (χ0) is 9.94. The molecule has 0 fully saturated rings. The number of nitriles is 1. The van der Waals surface area contributed by atoms with Crippen LogP contribution in [0.1, 0.15) is 19.8 Å². The maximum atomic E-state index is 8.26. The van der Waals surface area contributed by atoms with Gasteiger partial charge in [-0.1, -0.05) is 12.2 Å². The molecule has 0 amide bonds. The Labute approximate surface area is 80.4 Å². The number of rotatable bonds is 8. The number of nitrogens with one attached hydrogen (secondary N) is 1. The van der Waals surface area contributed by atoms with Crippen molar-refractivity contribution in [3.05, 3.63) is 12.2 Å². The fraction of sp³-hybridized carbons (Fsp3) is 0.700. The van der Waals surface area contributed by atoms with E-state index in [2.05, 4.69) is 18.0 Å². The van der Waals surface area contributed by atoms with Crippen LogP contribution < -0.4 is 5.32 Å². The van der Waals surface area contributed by atoms with E-state index in [1.54, 1.807) is 0 Å². The van der Waals surface area contributed by atoms with Crippen molar-refractivity contribution in [1.82, 2.24) is 5.32 Å². The fourth-order valence-corrected chi connectivity index (χ4v) is 0.808. The van der Waals surface area contributed by atoms with Gasteiger partial charge in [0.05, 0.1) is 19.3 Å². The predicted octanol–water partition coefficient (Wildman–Crippen LogP) is 1.47. The van der Waals surface area contributed by atoms with Crippen LogP contribution in [-0.4, -0.2) is 26.3 Å². The highest BCUT2D eigenvalue weighted by atomic mass is 16.5. The standard InChI is InChI=1S/C10H18N2O/c1-10(2)9-13-8-7-12-6-4-3-5-11/h12H,1,3-4,6-9H2,2H3. The number of unbranched alkanes of at least 4 members (excludes halogenated alkanes) is 1. The molecule has 0 aromatic heterocycles. The van der Waals surface area contributed by atoms with E-state index in [0.717, 1.165) is 25.1 Å². The van der Waals surface area contributed by atoms with Gasteiger partial charge in [-0.15, -0.1) is 0 Å². The first-order valence-electron chi connectivity index (χ1n) is 4.57. The van der Waals surface area contributed by atoms with Crippen LogP contribution in [0.2, 0.25) is 0 Å². The van der Waals surface area contributed by atoms with Crippen molar-refractivity contribution in [3.8, 4) is 6.07 Å². The molecular formula is C10H18N2O. The molecule has 0 aromatic rings. The van der Waals surface area contributed by atoms with Gasteiger partial charge in [0.1, 0.15) is 0 Å². The number of hydrogen-bond acceptors (Lipinski definition) is 3. The van der Waals surface area contributed by atoms with Crippen molar-refractivity contribution in [2.45, 2.75) is 19.8 Å². The quantitative estimate of drug-likeness (QED) is 0.456. The lowest BCUT2D eigenvalue weighted by molar-refractivity contribution is 0.158. The first-order valence-corrected chi connectivity index (χ1v) is 4.57. The molecule has 0 heterocycles. The van der Waals surface area contributed by atoms with Crippen molar-refractivity contribution >= 4 is 0 Å². The van der Waals surface area contributed by atoms with E-state index in [1.165, 1.54) is 0 Å². The van der Waals surface area contributed by atoms with Gasteiger partial charge in [0.25, 0.3) is 0 Å². The summed E-state index contributed by atoms with van der Waals surface area (Å²) in [5.74, 6) is 0. The van der Waals surface area contributed by atoms with Gasteiger partial charge < -0.3 is 10.1 Å². The van der Waals surface area contributed by atoms with E-state index in [1.807, 2.05) is 6.92 Å². The Morgan fingerprint density at radius 1 is 1.54 bits per heavy atom. The second-order valence-corrected chi connectivity index (χ2v) is 3.02. The highest BCUT2D eigenvalue weighted by Crippen LogP contribution is 1.87. The molecule has 1 N–H and O–H groups in total. The molecule has 0 aromatic carbocycles. The van der Waals surface area contributed by atoms with Crippen LogP contribution in [0.5, 0.6) is 0 Å². The van der Waals surface area contributed by atoms with Gasteiger partial charge in [0, 0.05) is 13.0 Å². The largest absolute Gasteiger partial charge is 0.376 e. The van der Waals surface area contributed by atoms with Crippen molar-refractivity contribution in [2.75, 3.05) is 26.3 Å². The summed E-state index contributed by atoms with van der Waals surface area (Å²) in [7, 11) is 0. The molecule has 74 valence electrons. The number of nitrogens with zero attached hydrogens (tertiary/aromatic N) is 1. The Balaban J connectivity index is 2.92. The van der Waals surface area contributed by atoms with E-state index in [9.17, 15) is 0 Å². The van der Waals surface area contributed by atoms with Crippen LogP contribution in [0.25, 0.3) is 0 Å². The number of ether oxygens (including phenoxy) is 1. The summed E-state index contributed by atoms with van der Waals surface area (Å²) in [6, 6.07) is 2.10. The molecule has 3 nitrogen and oxygen atoms in total. The zero-order valence-corrected chi connectivity index (χ0v) is 8.31. The molecule has 0 saturated heterocycles. The van der Waals surface area contributed by atoms with Crippen LogP contribution in [0.15, 0.2) is 12.2 Å². The summed E-state index contributed by atoms with van der Waals surface area (Å²) in [5.41, 5.74) is 1.05. The summed E-state index contributed by atoms with van der Waals surface area (Å²) < 4.78 is 5.27. The smallest absolute Gasteiger partial charge is 0.0672 e. The third-order valence-corrected chi connectivity index (χ3v) is 1.41. The van der Waals surface area contributed by atoms with Crippen molar-refractivity contribution in [3.63, 3.8) is 0 Å². The van der Waals surface area contributed by atoms with Gasteiger partial charge in [-0.2, -0.15) is 5.26 Å². The third-order valence-electron chi connectivity index (χ3n) is 1.41. The maximum absolute atomic E-state index is 8.26. The average Bonchev–Trinajstić information content (AvgIpc) is 2.09. The van der Waals surface area contributed by atoms with Gasteiger partial charge in [-0.25, -0.2) is 0 Å². The first kappa shape index (κ1) is 12.2. The minimum Gasteiger partial charge on any atom is -0.376 e. The summed E-state index contributed by atoms with van der Waals surface area (Å²) in [6.45, 7) is 8.76. The van der Waals surface area contributed by atoms with E-state index >= 15 is 0 Å². The molecule has 0 aliphatic heterocycles. The lowest BCUT2D eigenvalue weighted by Gasteiger charge is -2.04. The zero-order valence-electron chi connectivity index (χ0n) is 8.31. The molecule has 3 heteroatoms. The maximum Gasteiger partial charge on any atom is 0.0672 e. The third kappa shape index (κ3) is 11.1. The highest BCUT2D eigenvalue weighted by Gasteiger charge is 1.89. The summed E-state index contributed by atoms with van der Waals surface area (Å²) in [6.07, 6.45) is 1.54. The average molecular weight is 182 g/mol. The molecule has 0 spiro atoms. The van der Waals surface area contributed by atoms with Gasteiger partial charge in [0.2, 0.25) is 0 Å². The lowest BCUT2D eigenvalue weighted by Crippen LogP contribution is -2.21. The normalized spacial score (nSPS) is 9.54. The molecule has 0 unspecified atom stereocenters. The second kappa shape index (κ2) is 9.24. The topological polar surface area (TPSA) is 45.0 Å². The Morgan fingerprint density at radius 2 is 2.31 bits per heavy atom. The van der Waals surface area contributed by atoms with Crippen LogP contribution >= 0.6 is 0 Å². The van der Waals surface area contributed by atoms with E-state index in [4.69, 9.17) is 10.00 Å². The van der Waals surface area contributed by atoms with Crippen molar-refractivity contribution in [2.24, 2.45) is 0 Å². The molecule has 0 radical (unpaired) electrons. The Morgan fingerprint density at radius 3 is 2.92 bits per heavy atom. The van der Waals surface area contributed by atoms with Crippen molar-refractivity contribution in [1.29, 1.82) is 5.26 Å². The molecule has 0 atom stereocenters. The van der Waals surface area contributed by atoms with E-state index in [-0.39, 0.29) is 0 Å². The fourth-order valence-electron chi connectivity index (χ4n) is 0.808. The Kier molecular flexibility index (Phi) is 8.64. The molecule has 0 saturated carbocycles. The van der Waals surface area contributed by atoms with Gasteiger partial charge >= 0.3 is 0 Å². The van der Waals surface area contributed by atoms with Crippen LogP contribution in [0.3, 0.4) is 0 Å². The van der Waals surface area contributed by atoms with Gasteiger partial charge in [-0.05, 0) is 19.9 Å². The summed E-state index contributed by atoms with van der Waals surface area (Å²) in [4.78, 5) is 0. The molecular weight excluding hydrogens is 164 g/mol. The van der Waals surface area contributed by atoms with E-state index in [0.29, 0.717) is 19.6 Å². The Hall–Kier alpha value is -0.850. The number of hydrogen-bond donors (Lipinski definition) is 1. The molecule has 0 rings (SSSR count). The van der Waals surface area contributed by atoms with Crippen LogP contribution in [0, 0.1) is 11.3 Å². The molecule has 0 aliphatic carbocycles. The van der Waals surface area contributed by atoms with Gasteiger partial charge in [-0.3, -0.25) is 0 Å². The second-order valence-electron chi connectivity index (χ2n) is 3.02. The summed E-state index contributed by atoms with van der Waals surface area (Å²) >= 11 is 0.